The van der Waals surface area contributed by atoms with E-state index in [2.05, 4.69) is 5.32 Å². The van der Waals surface area contributed by atoms with E-state index in [1.807, 2.05) is 41.5 Å². The lowest BCUT2D eigenvalue weighted by molar-refractivity contribution is -0.299. The third kappa shape index (κ3) is 5.91. The maximum atomic E-state index is 11.9. The van der Waals surface area contributed by atoms with Crippen molar-refractivity contribution in [3.8, 4) is 0 Å². The predicted octanol–water partition coefficient (Wildman–Crippen LogP) is 2.08. The number of hydrogen-bond donors (Lipinski definition) is 1. The molecule has 0 saturated carbocycles. The summed E-state index contributed by atoms with van der Waals surface area (Å²) in [6, 6.07) is -0.0204. The van der Waals surface area contributed by atoms with Gasteiger partial charge in [-0.05, 0) is 41.5 Å². The smallest absolute Gasteiger partial charge is 0.409 e. The summed E-state index contributed by atoms with van der Waals surface area (Å²) in [5, 5.41) is 2.68. The van der Waals surface area contributed by atoms with Gasteiger partial charge in [0.05, 0.1) is 6.10 Å². The van der Waals surface area contributed by atoms with Gasteiger partial charge >= 0.3 is 6.09 Å². The van der Waals surface area contributed by atoms with E-state index in [1.54, 1.807) is 0 Å². The molecular weight excluding hydrogens is 302 g/mol. The number of hydrogen-bond acceptors (Lipinski definition) is 6. The summed E-state index contributed by atoms with van der Waals surface area (Å²) in [6.45, 7) is 12.8. The summed E-state index contributed by atoms with van der Waals surface area (Å²) >= 11 is 0. The molecule has 1 aliphatic rings. The molecule has 0 aromatic carbocycles. The first-order valence-corrected chi connectivity index (χ1v) is 8.41. The Morgan fingerprint density at radius 3 is 2.04 bits per heavy atom. The molecule has 0 aromatic heterocycles. The highest BCUT2D eigenvalue weighted by Gasteiger charge is 2.48. The second kappa shape index (κ2) is 10.1. The van der Waals surface area contributed by atoms with E-state index < -0.39 is 18.5 Å². The van der Waals surface area contributed by atoms with Crippen molar-refractivity contribution in [3.63, 3.8) is 0 Å². The molecule has 1 rings (SSSR count). The van der Waals surface area contributed by atoms with Crippen molar-refractivity contribution in [3.05, 3.63) is 0 Å². The van der Waals surface area contributed by atoms with Crippen molar-refractivity contribution in [1.29, 1.82) is 0 Å². The highest BCUT2D eigenvalue weighted by Crippen LogP contribution is 2.28. The first-order valence-electron chi connectivity index (χ1n) is 8.41. The second-order valence-electron chi connectivity index (χ2n) is 5.67. The van der Waals surface area contributed by atoms with Crippen LogP contribution < -0.4 is 5.32 Å². The zero-order chi connectivity index (χ0) is 17.4. The molecule has 1 amide bonds. The van der Waals surface area contributed by atoms with Gasteiger partial charge in [-0.1, -0.05) is 0 Å². The molecule has 0 spiro atoms. The van der Waals surface area contributed by atoms with Crippen LogP contribution in [0, 0.1) is 0 Å². The van der Waals surface area contributed by atoms with Crippen LogP contribution in [0.5, 0.6) is 0 Å². The van der Waals surface area contributed by atoms with Crippen LogP contribution in [0.1, 0.15) is 41.5 Å². The molecule has 7 nitrogen and oxygen atoms in total. The van der Waals surface area contributed by atoms with E-state index in [0.717, 1.165) is 0 Å². The Bertz CT molecular complexity index is 351. The standard InChI is InChI=1S/C16H31NO6/c1-7-19-12-11(6)22-15(23-16(18)17-10(4)5)14(21-9-3)13(12)20-8-2/h10-15H,7-9H2,1-6H3,(H,17,18)/t11-,12-,13+,14+,15-/m0/s1. The van der Waals surface area contributed by atoms with Crippen molar-refractivity contribution in [2.45, 2.75) is 78.3 Å². The summed E-state index contributed by atoms with van der Waals surface area (Å²) in [6.07, 6.45) is -2.82. The van der Waals surface area contributed by atoms with Crippen molar-refractivity contribution in [1.82, 2.24) is 5.32 Å². The SMILES string of the molecule is CCO[C@@H]1[C@@H](OCC)[C@H](C)O[C@@H](OC(=O)NC(C)C)[C@@H]1OCC. The Labute approximate surface area is 138 Å². The number of rotatable bonds is 8. The number of carbonyl (C=O) groups excluding carboxylic acids is 1. The van der Waals surface area contributed by atoms with Crippen LogP contribution in [-0.2, 0) is 23.7 Å². The Kier molecular flexibility index (Phi) is 8.83. The molecule has 0 bridgehead atoms. The molecule has 1 aliphatic heterocycles. The highest BCUT2D eigenvalue weighted by atomic mass is 16.7. The largest absolute Gasteiger partial charge is 0.417 e. The Morgan fingerprint density at radius 2 is 1.52 bits per heavy atom. The molecule has 1 heterocycles. The van der Waals surface area contributed by atoms with E-state index in [1.165, 1.54) is 0 Å². The van der Waals surface area contributed by atoms with Crippen molar-refractivity contribution < 1.29 is 28.5 Å². The van der Waals surface area contributed by atoms with Crippen LogP contribution in [0.3, 0.4) is 0 Å². The molecule has 0 aromatic rings. The molecule has 1 saturated heterocycles. The number of nitrogens with one attached hydrogen (secondary N) is 1. The summed E-state index contributed by atoms with van der Waals surface area (Å²) in [5.41, 5.74) is 0. The Morgan fingerprint density at radius 1 is 1.00 bits per heavy atom. The monoisotopic (exact) mass is 333 g/mol. The molecule has 7 heteroatoms. The quantitative estimate of drug-likeness (QED) is 0.733. The van der Waals surface area contributed by atoms with E-state index in [4.69, 9.17) is 23.7 Å². The number of amides is 1. The molecule has 0 unspecified atom stereocenters. The van der Waals surface area contributed by atoms with Gasteiger partial charge in [-0.25, -0.2) is 4.79 Å². The summed E-state index contributed by atoms with van der Waals surface area (Å²) in [5.74, 6) is 0. The van der Waals surface area contributed by atoms with Crippen molar-refractivity contribution in [2.24, 2.45) is 0 Å². The van der Waals surface area contributed by atoms with Gasteiger partial charge in [-0.15, -0.1) is 0 Å². The maximum absolute atomic E-state index is 11.9. The van der Waals surface area contributed by atoms with Gasteiger partial charge in [0, 0.05) is 25.9 Å². The fourth-order valence-electron chi connectivity index (χ4n) is 2.62. The predicted molar refractivity (Wildman–Crippen MR) is 85.3 cm³/mol. The van der Waals surface area contributed by atoms with E-state index >= 15 is 0 Å². The number of alkyl carbamates (subject to hydrolysis) is 1. The summed E-state index contributed by atoms with van der Waals surface area (Å²) in [7, 11) is 0. The zero-order valence-electron chi connectivity index (χ0n) is 15.0. The maximum Gasteiger partial charge on any atom is 0.409 e. The van der Waals surface area contributed by atoms with Crippen LogP contribution >= 0.6 is 0 Å². The van der Waals surface area contributed by atoms with Gasteiger partial charge in [0.1, 0.15) is 18.3 Å². The first-order chi connectivity index (χ1) is 10.9. The lowest BCUT2D eigenvalue weighted by atomic mass is 9.99. The first kappa shape index (κ1) is 20.2. The van der Waals surface area contributed by atoms with Crippen LogP contribution in [0.4, 0.5) is 4.79 Å². The molecule has 1 fully saturated rings. The summed E-state index contributed by atoms with van der Waals surface area (Å²) < 4.78 is 28.6. The molecule has 136 valence electrons. The lowest BCUT2D eigenvalue weighted by Crippen LogP contribution is -2.61. The molecular formula is C16H31NO6. The van der Waals surface area contributed by atoms with Gasteiger partial charge in [0.2, 0.25) is 6.29 Å². The average Bonchev–Trinajstić information content (AvgIpc) is 2.46. The van der Waals surface area contributed by atoms with E-state index in [0.29, 0.717) is 19.8 Å². The molecule has 5 atom stereocenters. The van der Waals surface area contributed by atoms with Crippen LogP contribution in [0.25, 0.3) is 0 Å². The molecule has 0 radical (unpaired) electrons. The minimum Gasteiger partial charge on any atom is -0.417 e. The zero-order valence-corrected chi connectivity index (χ0v) is 15.0. The van der Waals surface area contributed by atoms with Crippen molar-refractivity contribution >= 4 is 6.09 Å². The minimum absolute atomic E-state index is 0.0204. The van der Waals surface area contributed by atoms with Gasteiger partial charge in [-0.2, -0.15) is 0 Å². The van der Waals surface area contributed by atoms with Gasteiger partial charge in [0.15, 0.2) is 0 Å². The fraction of sp³-hybridized carbons (Fsp3) is 0.938. The summed E-state index contributed by atoms with van der Waals surface area (Å²) in [4.78, 5) is 11.9. The highest BCUT2D eigenvalue weighted by molar-refractivity contribution is 5.67. The normalized spacial score (nSPS) is 31.2. The van der Waals surface area contributed by atoms with Crippen molar-refractivity contribution in [2.75, 3.05) is 19.8 Å². The van der Waals surface area contributed by atoms with E-state index in [9.17, 15) is 4.79 Å². The van der Waals surface area contributed by atoms with Gasteiger partial charge in [-0.3, -0.25) is 0 Å². The molecule has 1 N–H and O–H groups in total. The lowest BCUT2D eigenvalue weighted by Gasteiger charge is -2.44. The second-order valence-corrected chi connectivity index (χ2v) is 5.67. The number of carbonyl (C=O) groups is 1. The fourth-order valence-corrected chi connectivity index (χ4v) is 2.62. The van der Waals surface area contributed by atoms with Crippen LogP contribution in [0.15, 0.2) is 0 Å². The topological polar surface area (TPSA) is 75.2 Å². The number of ether oxygens (including phenoxy) is 5. The third-order valence-corrected chi connectivity index (χ3v) is 3.43. The molecule has 0 aliphatic carbocycles. The van der Waals surface area contributed by atoms with Gasteiger partial charge < -0.3 is 29.0 Å². The minimum atomic E-state index is -0.836. The van der Waals surface area contributed by atoms with Gasteiger partial charge in [0.25, 0.3) is 0 Å². The van der Waals surface area contributed by atoms with Crippen LogP contribution in [-0.4, -0.2) is 62.7 Å². The Hall–Kier alpha value is -0.890. The Balaban J connectivity index is 2.89. The van der Waals surface area contributed by atoms with Crippen LogP contribution in [0.2, 0.25) is 0 Å². The third-order valence-electron chi connectivity index (χ3n) is 3.43. The van der Waals surface area contributed by atoms with E-state index in [-0.39, 0.29) is 24.4 Å². The molecule has 23 heavy (non-hydrogen) atoms. The average molecular weight is 333 g/mol.